The Kier molecular flexibility index (Phi) is 5.53. The average molecular weight is 264 g/mol. The molecule has 1 atom stereocenters. The van der Waals surface area contributed by atoms with Crippen molar-refractivity contribution in [3.8, 4) is 6.07 Å². The SMILES string of the molecule is CCSc1cccc(NCC(C)C(=O)O)c1C#N. The molecule has 1 aromatic rings. The van der Waals surface area contributed by atoms with Crippen molar-refractivity contribution < 1.29 is 9.90 Å². The minimum Gasteiger partial charge on any atom is -0.481 e. The van der Waals surface area contributed by atoms with Crippen LogP contribution in [0.2, 0.25) is 0 Å². The third kappa shape index (κ3) is 3.67. The van der Waals surface area contributed by atoms with E-state index in [1.54, 1.807) is 24.8 Å². The molecule has 0 aromatic heterocycles. The smallest absolute Gasteiger partial charge is 0.308 e. The number of nitrogens with zero attached hydrogens (tertiary/aromatic N) is 1. The summed E-state index contributed by atoms with van der Waals surface area (Å²) in [4.78, 5) is 11.7. The molecule has 0 heterocycles. The summed E-state index contributed by atoms with van der Waals surface area (Å²) < 4.78 is 0. The molecule has 4 nitrogen and oxygen atoms in total. The Morgan fingerprint density at radius 1 is 1.61 bits per heavy atom. The van der Waals surface area contributed by atoms with Gasteiger partial charge in [0.05, 0.1) is 17.2 Å². The Balaban J connectivity index is 2.86. The monoisotopic (exact) mass is 264 g/mol. The molecule has 0 spiro atoms. The van der Waals surface area contributed by atoms with Crippen LogP contribution in [0, 0.1) is 17.2 Å². The summed E-state index contributed by atoms with van der Waals surface area (Å²) in [5.41, 5.74) is 1.28. The third-order valence-corrected chi connectivity index (χ3v) is 3.40. The van der Waals surface area contributed by atoms with Crippen LogP contribution in [0.4, 0.5) is 5.69 Å². The Hall–Kier alpha value is -1.67. The standard InChI is InChI=1S/C13H16N2O2S/c1-3-18-12-6-4-5-11(10(12)7-14)15-8-9(2)13(16)17/h4-6,9,15H,3,8H2,1-2H3,(H,16,17). The molecule has 0 saturated heterocycles. The molecule has 0 saturated carbocycles. The zero-order valence-electron chi connectivity index (χ0n) is 10.4. The van der Waals surface area contributed by atoms with Crippen LogP contribution in [0.1, 0.15) is 19.4 Å². The molecule has 2 N–H and O–H groups in total. The highest BCUT2D eigenvalue weighted by atomic mass is 32.2. The lowest BCUT2D eigenvalue weighted by atomic mass is 10.1. The molecular weight excluding hydrogens is 248 g/mol. The summed E-state index contributed by atoms with van der Waals surface area (Å²) in [6.07, 6.45) is 0. The van der Waals surface area contributed by atoms with Crippen molar-refractivity contribution in [3.05, 3.63) is 23.8 Å². The second kappa shape index (κ2) is 6.92. The van der Waals surface area contributed by atoms with E-state index in [1.807, 2.05) is 19.1 Å². The Labute approximate surface area is 111 Å². The first-order valence-corrected chi connectivity index (χ1v) is 6.71. The Morgan fingerprint density at radius 2 is 2.33 bits per heavy atom. The van der Waals surface area contributed by atoms with E-state index in [4.69, 9.17) is 5.11 Å². The maximum atomic E-state index is 10.7. The van der Waals surface area contributed by atoms with Crippen LogP contribution in [-0.2, 0) is 4.79 Å². The summed E-state index contributed by atoms with van der Waals surface area (Å²) in [5.74, 6) is -0.442. The second-order valence-electron chi connectivity index (χ2n) is 3.84. The fourth-order valence-electron chi connectivity index (χ4n) is 1.42. The predicted octanol–water partition coefficient (Wildman–Crippen LogP) is 2.80. The molecule has 18 heavy (non-hydrogen) atoms. The third-order valence-electron chi connectivity index (χ3n) is 2.46. The van der Waals surface area contributed by atoms with E-state index in [9.17, 15) is 10.1 Å². The lowest BCUT2D eigenvalue weighted by Gasteiger charge is -2.12. The number of thioether (sulfide) groups is 1. The van der Waals surface area contributed by atoms with E-state index in [1.165, 1.54) is 0 Å². The summed E-state index contributed by atoms with van der Waals surface area (Å²) in [6.45, 7) is 3.97. The number of carboxylic acid groups (broad SMARTS) is 1. The number of rotatable bonds is 6. The van der Waals surface area contributed by atoms with Crippen molar-refractivity contribution in [2.45, 2.75) is 18.7 Å². The van der Waals surface area contributed by atoms with E-state index in [0.717, 1.165) is 10.6 Å². The molecule has 0 amide bonds. The van der Waals surface area contributed by atoms with Gasteiger partial charge in [-0.1, -0.05) is 19.9 Å². The molecule has 5 heteroatoms. The molecule has 0 aliphatic heterocycles. The van der Waals surface area contributed by atoms with E-state index in [2.05, 4.69) is 11.4 Å². The topological polar surface area (TPSA) is 73.1 Å². The number of carbonyl (C=O) groups is 1. The molecule has 0 aliphatic carbocycles. The van der Waals surface area contributed by atoms with Crippen LogP contribution in [0.5, 0.6) is 0 Å². The quantitative estimate of drug-likeness (QED) is 0.773. The zero-order chi connectivity index (χ0) is 13.5. The maximum Gasteiger partial charge on any atom is 0.308 e. The van der Waals surface area contributed by atoms with E-state index in [0.29, 0.717) is 17.8 Å². The van der Waals surface area contributed by atoms with Crippen LogP contribution >= 0.6 is 11.8 Å². The summed E-state index contributed by atoms with van der Waals surface area (Å²) >= 11 is 1.60. The van der Waals surface area contributed by atoms with Crippen LogP contribution in [-0.4, -0.2) is 23.4 Å². The zero-order valence-corrected chi connectivity index (χ0v) is 11.3. The second-order valence-corrected chi connectivity index (χ2v) is 5.15. The van der Waals surface area contributed by atoms with Crippen molar-refractivity contribution in [3.63, 3.8) is 0 Å². The molecule has 0 aliphatic rings. The van der Waals surface area contributed by atoms with Gasteiger partial charge in [0.25, 0.3) is 0 Å². The molecular formula is C13H16N2O2S. The highest BCUT2D eigenvalue weighted by molar-refractivity contribution is 7.99. The Bertz CT molecular complexity index is 469. The van der Waals surface area contributed by atoms with Gasteiger partial charge in [-0.15, -0.1) is 11.8 Å². The van der Waals surface area contributed by atoms with Gasteiger partial charge in [-0.05, 0) is 17.9 Å². The number of hydrogen-bond donors (Lipinski definition) is 2. The van der Waals surface area contributed by atoms with Gasteiger partial charge < -0.3 is 10.4 Å². The number of anilines is 1. The van der Waals surface area contributed by atoms with Gasteiger partial charge in [0.15, 0.2) is 0 Å². The van der Waals surface area contributed by atoms with E-state index in [-0.39, 0.29) is 0 Å². The van der Waals surface area contributed by atoms with Crippen molar-refractivity contribution >= 4 is 23.4 Å². The first kappa shape index (κ1) is 14.4. The van der Waals surface area contributed by atoms with Gasteiger partial charge in [-0.25, -0.2) is 0 Å². The first-order chi connectivity index (χ1) is 8.60. The van der Waals surface area contributed by atoms with Crippen molar-refractivity contribution in [2.75, 3.05) is 17.6 Å². The van der Waals surface area contributed by atoms with E-state index >= 15 is 0 Å². The molecule has 1 unspecified atom stereocenters. The number of hydrogen-bond acceptors (Lipinski definition) is 4. The van der Waals surface area contributed by atoms with Gasteiger partial charge >= 0.3 is 5.97 Å². The Morgan fingerprint density at radius 3 is 2.89 bits per heavy atom. The van der Waals surface area contributed by atoms with Gasteiger partial charge in [0, 0.05) is 11.4 Å². The van der Waals surface area contributed by atoms with Crippen molar-refractivity contribution in [1.29, 1.82) is 5.26 Å². The lowest BCUT2D eigenvalue weighted by Crippen LogP contribution is -2.20. The number of nitrogens with one attached hydrogen (secondary N) is 1. The van der Waals surface area contributed by atoms with Gasteiger partial charge in [0.1, 0.15) is 6.07 Å². The molecule has 1 aromatic carbocycles. The summed E-state index contributed by atoms with van der Waals surface area (Å²) in [7, 11) is 0. The number of nitriles is 1. The molecule has 0 radical (unpaired) electrons. The number of benzene rings is 1. The minimum atomic E-state index is -0.847. The minimum absolute atomic E-state index is 0.310. The summed E-state index contributed by atoms with van der Waals surface area (Å²) in [6, 6.07) is 7.74. The molecule has 0 bridgehead atoms. The van der Waals surface area contributed by atoms with Gasteiger partial charge in [0.2, 0.25) is 0 Å². The van der Waals surface area contributed by atoms with Gasteiger partial charge in [-0.3, -0.25) is 4.79 Å². The van der Waals surface area contributed by atoms with Crippen LogP contribution < -0.4 is 5.32 Å². The molecule has 0 fully saturated rings. The van der Waals surface area contributed by atoms with Gasteiger partial charge in [-0.2, -0.15) is 5.26 Å². The molecule has 96 valence electrons. The predicted molar refractivity (Wildman–Crippen MR) is 72.8 cm³/mol. The van der Waals surface area contributed by atoms with Crippen LogP contribution in [0.25, 0.3) is 0 Å². The maximum absolute atomic E-state index is 10.7. The largest absolute Gasteiger partial charge is 0.481 e. The van der Waals surface area contributed by atoms with Crippen LogP contribution in [0.15, 0.2) is 23.1 Å². The highest BCUT2D eigenvalue weighted by Gasteiger charge is 2.12. The first-order valence-electron chi connectivity index (χ1n) is 5.72. The number of aliphatic carboxylic acids is 1. The summed E-state index contributed by atoms with van der Waals surface area (Å²) in [5, 5.41) is 21.0. The van der Waals surface area contributed by atoms with Crippen molar-refractivity contribution in [1.82, 2.24) is 0 Å². The average Bonchev–Trinajstić information content (AvgIpc) is 2.36. The highest BCUT2D eigenvalue weighted by Crippen LogP contribution is 2.27. The fourth-order valence-corrected chi connectivity index (χ4v) is 2.21. The van der Waals surface area contributed by atoms with Crippen molar-refractivity contribution in [2.24, 2.45) is 5.92 Å². The van der Waals surface area contributed by atoms with Crippen LogP contribution in [0.3, 0.4) is 0 Å². The lowest BCUT2D eigenvalue weighted by molar-refractivity contribution is -0.140. The fraction of sp³-hybridized carbons (Fsp3) is 0.385. The normalized spacial score (nSPS) is 11.6. The van der Waals surface area contributed by atoms with E-state index < -0.39 is 11.9 Å². The number of carboxylic acids is 1. The molecule has 1 rings (SSSR count).